The van der Waals surface area contributed by atoms with Crippen molar-refractivity contribution in [3.63, 3.8) is 0 Å². The van der Waals surface area contributed by atoms with Crippen molar-refractivity contribution in [2.75, 3.05) is 18.8 Å². The molecule has 2 aromatic rings. The largest absolute Gasteiger partial charge is 0.367 e. The van der Waals surface area contributed by atoms with E-state index in [9.17, 15) is 4.79 Å². The molecule has 2 heterocycles. The number of aromatic amines is 1. The molecule has 0 bridgehead atoms. The molecule has 0 spiro atoms. The summed E-state index contributed by atoms with van der Waals surface area (Å²) in [6, 6.07) is 7.82. The van der Waals surface area contributed by atoms with Gasteiger partial charge in [-0.25, -0.2) is 0 Å². The van der Waals surface area contributed by atoms with Gasteiger partial charge in [-0.2, -0.15) is 4.98 Å². The van der Waals surface area contributed by atoms with Gasteiger partial charge in [0.05, 0.1) is 6.54 Å². The molecule has 7 nitrogen and oxygen atoms in total. The molecule has 0 aliphatic carbocycles. The third-order valence-corrected chi connectivity index (χ3v) is 3.91. The summed E-state index contributed by atoms with van der Waals surface area (Å²) >= 11 is 0. The van der Waals surface area contributed by atoms with Gasteiger partial charge >= 0.3 is 0 Å². The number of hydrogen-bond donors (Lipinski definition) is 4. The highest BCUT2D eigenvalue weighted by atomic mass is 16.1. The van der Waals surface area contributed by atoms with Crippen molar-refractivity contribution < 1.29 is 4.79 Å². The third kappa shape index (κ3) is 3.43. The molecular formula is C15H20N6O. The fourth-order valence-electron chi connectivity index (χ4n) is 2.70. The topological polar surface area (TPSA) is 109 Å². The maximum absolute atomic E-state index is 12.1. The molecule has 1 saturated heterocycles. The summed E-state index contributed by atoms with van der Waals surface area (Å²) < 4.78 is 0. The summed E-state index contributed by atoms with van der Waals surface area (Å²) in [5.74, 6) is 1.12. The van der Waals surface area contributed by atoms with Crippen molar-refractivity contribution in [1.82, 2.24) is 25.8 Å². The number of benzene rings is 1. The van der Waals surface area contributed by atoms with Crippen LogP contribution in [0.15, 0.2) is 24.3 Å². The van der Waals surface area contributed by atoms with Crippen LogP contribution in [0.4, 0.5) is 5.95 Å². The molecule has 0 unspecified atom stereocenters. The number of nitrogens with zero attached hydrogens (tertiary/aromatic N) is 2. The maximum atomic E-state index is 12.1. The molecule has 0 saturated carbocycles. The molecule has 7 heteroatoms. The Morgan fingerprint density at radius 1 is 1.36 bits per heavy atom. The van der Waals surface area contributed by atoms with E-state index >= 15 is 0 Å². The van der Waals surface area contributed by atoms with E-state index in [4.69, 9.17) is 5.73 Å². The number of aromatic nitrogens is 3. The molecule has 1 amide bonds. The van der Waals surface area contributed by atoms with Crippen molar-refractivity contribution in [3.05, 3.63) is 41.2 Å². The van der Waals surface area contributed by atoms with Crippen LogP contribution in [0.3, 0.4) is 0 Å². The summed E-state index contributed by atoms with van der Waals surface area (Å²) in [5, 5.41) is 12.6. The molecule has 1 aromatic heterocycles. The number of H-pyrrole nitrogens is 1. The molecular weight excluding hydrogens is 280 g/mol. The molecule has 0 radical (unpaired) electrons. The van der Waals surface area contributed by atoms with Gasteiger partial charge in [-0.1, -0.05) is 12.1 Å². The number of carbonyl (C=O) groups excluding carboxylic acids is 1. The van der Waals surface area contributed by atoms with Crippen molar-refractivity contribution >= 4 is 11.9 Å². The Kier molecular flexibility index (Phi) is 4.34. The fraction of sp³-hybridized carbons (Fsp3) is 0.400. The predicted octanol–water partition coefficient (Wildman–Crippen LogP) is 0.784. The Bertz CT molecular complexity index is 630. The van der Waals surface area contributed by atoms with E-state index in [-0.39, 0.29) is 18.4 Å². The van der Waals surface area contributed by atoms with Gasteiger partial charge in [-0.15, -0.1) is 5.10 Å². The highest BCUT2D eigenvalue weighted by molar-refractivity contribution is 5.94. The van der Waals surface area contributed by atoms with E-state index < -0.39 is 0 Å². The molecule has 1 atom stereocenters. The van der Waals surface area contributed by atoms with Gasteiger partial charge in [0.2, 0.25) is 5.95 Å². The lowest BCUT2D eigenvalue weighted by Crippen LogP contribution is -2.28. The van der Waals surface area contributed by atoms with Gasteiger partial charge < -0.3 is 16.4 Å². The van der Waals surface area contributed by atoms with Crippen LogP contribution in [0.5, 0.6) is 0 Å². The van der Waals surface area contributed by atoms with Crippen LogP contribution in [0.25, 0.3) is 0 Å². The summed E-state index contributed by atoms with van der Waals surface area (Å²) in [6.45, 7) is 2.39. The van der Waals surface area contributed by atoms with Crippen molar-refractivity contribution in [1.29, 1.82) is 0 Å². The molecule has 3 rings (SSSR count). The Labute approximate surface area is 128 Å². The SMILES string of the molecule is Nc1n[nH]c(CNC(=O)c2ccc([C@@H]3CCCNC3)cc2)n1. The lowest BCUT2D eigenvalue weighted by molar-refractivity contribution is 0.0950. The summed E-state index contributed by atoms with van der Waals surface area (Å²) in [7, 11) is 0. The average Bonchev–Trinajstić information content (AvgIpc) is 2.99. The Morgan fingerprint density at radius 3 is 2.82 bits per heavy atom. The first-order valence-corrected chi connectivity index (χ1v) is 7.48. The number of nitrogens with one attached hydrogen (secondary N) is 3. The lowest BCUT2D eigenvalue weighted by atomic mass is 9.91. The minimum Gasteiger partial charge on any atom is -0.367 e. The molecule has 1 aliphatic heterocycles. The second kappa shape index (κ2) is 6.57. The molecule has 116 valence electrons. The highest BCUT2D eigenvalue weighted by Gasteiger charge is 2.15. The summed E-state index contributed by atoms with van der Waals surface area (Å²) in [4.78, 5) is 16.0. The number of amides is 1. The van der Waals surface area contributed by atoms with Crippen LogP contribution in [-0.4, -0.2) is 34.2 Å². The van der Waals surface area contributed by atoms with E-state index in [0.29, 0.717) is 17.3 Å². The molecule has 5 N–H and O–H groups in total. The summed E-state index contributed by atoms with van der Waals surface area (Å²) in [6.07, 6.45) is 2.40. The zero-order valence-corrected chi connectivity index (χ0v) is 12.3. The summed E-state index contributed by atoms with van der Waals surface area (Å²) in [5.41, 5.74) is 7.34. The second-order valence-electron chi connectivity index (χ2n) is 5.49. The Morgan fingerprint density at radius 2 is 2.18 bits per heavy atom. The van der Waals surface area contributed by atoms with Crippen LogP contribution in [0, 0.1) is 0 Å². The minimum atomic E-state index is -0.136. The van der Waals surface area contributed by atoms with E-state index in [1.165, 1.54) is 18.4 Å². The zero-order valence-electron chi connectivity index (χ0n) is 12.3. The number of anilines is 1. The van der Waals surface area contributed by atoms with Crippen molar-refractivity contribution in [3.8, 4) is 0 Å². The predicted molar refractivity (Wildman–Crippen MR) is 83.3 cm³/mol. The lowest BCUT2D eigenvalue weighted by Gasteiger charge is -2.23. The first kappa shape index (κ1) is 14.5. The monoisotopic (exact) mass is 300 g/mol. The molecule has 1 aliphatic rings. The van der Waals surface area contributed by atoms with Gasteiger partial charge in [0.1, 0.15) is 5.82 Å². The number of rotatable bonds is 4. The minimum absolute atomic E-state index is 0.136. The van der Waals surface area contributed by atoms with Crippen LogP contribution >= 0.6 is 0 Å². The van der Waals surface area contributed by atoms with Crippen molar-refractivity contribution in [2.24, 2.45) is 0 Å². The van der Waals surface area contributed by atoms with E-state index in [1.807, 2.05) is 24.3 Å². The highest BCUT2D eigenvalue weighted by Crippen LogP contribution is 2.23. The Hall–Kier alpha value is -2.41. The van der Waals surface area contributed by atoms with E-state index in [2.05, 4.69) is 25.8 Å². The zero-order chi connectivity index (χ0) is 15.4. The Balaban J connectivity index is 1.58. The van der Waals surface area contributed by atoms with Crippen LogP contribution in [0.2, 0.25) is 0 Å². The quantitative estimate of drug-likeness (QED) is 0.667. The second-order valence-corrected chi connectivity index (χ2v) is 5.49. The van der Waals surface area contributed by atoms with Gasteiger partial charge in [0, 0.05) is 12.1 Å². The smallest absolute Gasteiger partial charge is 0.251 e. The number of piperidine rings is 1. The average molecular weight is 300 g/mol. The molecule has 22 heavy (non-hydrogen) atoms. The number of hydrogen-bond acceptors (Lipinski definition) is 5. The van der Waals surface area contributed by atoms with E-state index in [0.717, 1.165) is 13.1 Å². The van der Waals surface area contributed by atoms with Gasteiger partial charge in [-0.05, 0) is 43.0 Å². The van der Waals surface area contributed by atoms with E-state index in [1.54, 1.807) is 0 Å². The normalized spacial score (nSPS) is 18.1. The third-order valence-electron chi connectivity index (χ3n) is 3.91. The first-order valence-electron chi connectivity index (χ1n) is 7.48. The molecule has 1 fully saturated rings. The van der Waals surface area contributed by atoms with Gasteiger partial charge in [0.25, 0.3) is 5.91 Å². The number of carbonyl (C=O) groups is 1. The maximum Gasteiger partial charge on any atom is 0.251 e. The first-order chi connectivity index (χ1) is 10.7. The molecule has 1 aromatic carbocycles. The van der Waals surface area contributed by atoms with Crippen LogP contribution < -0.4 is 16.4 Å². The van der Waals surface area contributed by atoms with Crippen LogP contribution in [-0.2, 0) is 6.54 Å². The fourth-order valence-corrected chi connectivity index (χ4v) is 2.70. The van der Waals surface area contributed by atoms with Crippen LogP contribution in [0.1, 0.15) is 40.5 Å². The number of nitrogen functional groups attached to an aromatic ring is 1. The standard InChI is InChI=1S/C15H20N6O/c16-15-19-13(20-21-15)9-18-14(22)11-5-3-10(4-6-11)12-2-1-7-17-8-12/h3-6,12,17H,1-2,7-9H2,(H,18,22)(H3,16,19,20,21)/t12-/m1/s1. The van der Waals surface area contributed by atoms with Gasteiger partial charge in [-0.3, -0.25) is 9.89 Å². The number of nitrogens with two attached hydrogens (primary N) is 1. The van der Waals surface area contributed by atoms with Gasteiger partial charge in [0.15, 0.2) is 0 Å². The van der Waals surface area contributed by atoms with Crippen molar-refractivity contribution in [2.45, 2.75) is 25.3 Å².